The van der Waals surface area contributed by atoms with Crippen LogP contribution in [0.25, 0.3) is 0 Å². The average molecular weight is 537 g/mol. The van der Waals surface area contributed by atoms with E-state index in [2.05, 4.69) is 13.8 Å². The third-order valence-electron chi connectivity index (χ3n) is 5.83. The van der Waals surface area contributed by atoms with E-state index in [0.717, 1.165) is 64.2 Å². The molecule has 0 saturated carbocycles. The predicted molar refractivity (Wildman–Crippen MR) is 152 cm³/mol. The average Bonchev–Trinajstić information content (AvgIpc) is 2.90. The van der Waals surface area contributed by atoms with Crippen molar-refractivity contribution in [1.82, 2.24) is 0 Å². The van der Waals surface area contributed by atoms with Crippen molar-refractivity contribution < 1.29 is 34.4 Å². The van der Waals surface area contributed by atoms with Crippen molar-refractivity contribution in [3.8, 4) is 0 Å². The summed E-state index contributed by atoms with van der Waals surface area (Å²) in [4.78, 5) is 23.8. The van der Waals surface area contributed by atoms with Gasteiger partial charge in [0.15, 0.2) is 6.10 Å². The van der Waals surface area contributed by atoms with Crippen molar-refractivity contribution in [3.05, 3.63) is 48.6 Å². The van der Waals surface area contributed by atoms with Crippen LogP contribution in [-0.2, 0) is 19.1 Å². The van der Waals surface area contributed by atoms with Crippen LogP contribution in [-0.4, -0.2) is 58.8 Å². The largest absolute Gasteiger partial charge is 0.462 e. The lowest BCUT2D eigenvalue weighted by Crippen LogP contribution is -2.28. The fourth-order valence-electron chi connectivity index (χ4n) is 3.53. The van der Waals surface area contributed by atoms with Gasteiger partial charge >= 0.3 is 11.9 Å². The summed E-state index contributed by atoms with van der Waals surface area (Å²) in [7, 11) is 0. The number of aliphatic hydroxyl groups is 3. The summed E-state index contributed by atoms with van der Waals surface area (Å²) in [5.74, 6) is -0.842. The van der Waals surface area contributed by atoms with Gasteiger partial charge in [-0.2, -0.15) is 0 Å². The molecule has 3 N–H and O–H groups in total. The monoisotopic (exact) mass is 536 g/mol. The molecule has 0 saturated heterocycles. The van der Waals surface area contributed by atoms with E-state index in [4.69, 9.17) is 9.47 Å². The zero-order valence-corrected chi connectivity index (χ0v) is 23.6. The minimum absolute atomic E-state index is 0.105. The molecule has 0 radical (unpaired) electrons. The molecule has 0 aliphatic rings. The van der Waals surface area contributed by atoms with Gasteiger partial charge in [0.1, 0.15) is 6.61 Å². The van der Waals surface area contributed by atoms with Crippen LogP contribution in [0.1, 0.15) is 104 Å². The molecular weight excluding hydrogens is 484 g/mol. The maximum Gasteiger partial charge on any atom is 0.306 e. The van der Waals surface area contributed by atoms with Gasteiger partial charge in [0.2, 0.25) is 0 Å². The molecule has 0 aliphatic carbocycles. The third kappa shape index (κ3) is 24.1. The highest BCUT2D eigenvalue weighted by molar-refractivity contribution is 5.70. The second kappa shape index (κ2) is 26.4. The quantitative estimate of drug-likeness (QED) is 0.0802. The van der Waals surface area contributed by atoms with E-state index in [-0.39, 0.29) is 25.1 Å². The number of ether oxygens (including phenoxy) is 2. The van der Waals surface area contributed by atoms with Crippen LogP contribution in [0.2, 0.25) is 0 Å². The Kier molecular flexibility index (Phi) is 24.8. The van der Waals surface area contributed by atoms with E-state index in [0.29, 0.717) is 19.3 Å². The molecule has 0 aliphatic heterocycles. The Labute approximate surface area is 230 Å². The summed E-state index contributed by atoms with van der Waals surface area (Å²) in [6, 6.07) is 0. The van der Waals surface area contributed by atoms with Gasteiger partial charge in [-0.3, -0.25) is 9.59 Å². The Morgan fingerprint density at radius 3 is 1.87 bits per heavy atom. The number of hydrogen-bond donors (Lipinski definition) is 3. The molecule has 0 aromatic carbocycles. The highest BCUT2D eigenvalue weighted by atomic mass is 16.6. The molecule has 0 bridgehead atoms. The van der Waals surface area contributed by atoms with Gasteiger partial charge in [0.25, 0.3) is 0 Å². The SMILES string of the molecule is CCCCCCCC(=O)OC[C@H](CO)OC(=O)CCC[C@H](O)/C=C/C=C\C/C=C\C=C\[C@H](O)CCCCC. The Balaban J connectivity index is 3.98. The number of carbonyl (C=O) groups is 2. The summed E-state index contributed by atoms with van der Waals surface area (Å²) in [6.07, 6.45) is 24.2. The standard InChI is InChI=1S/C31H52O7/c1-3-5-7-11-17-23-30(35)37-26-29(25-32)38-31(36)24-18-22-28(34)21-16-13-10-8-9-12-15-20-27(33)19-14-6-4-2/h9-10,12-13,15-16,20-21,27-29,32-34H,3-8,11,14,17-19,22-26H2,1-2H3/b12-9-,13-10-,20-15+,21-16+/t27-,28-,29+/m1/s1. The van der Waals surface area contributed by atoms with Crippen molar-refractivity contribution in [2.24, 2.45) is 0 Å². The van der Waals surface area contributed by atoms with Crippen LogP contribution in [0.15, 0.2) is 48.6 Å². The topological polar surface area (TPSA) is 113 Å². The van der Waals surface area contributed by atoms with Crippen molar-refractivity contribution in [2.75, 3.05) is 13.2 Å². The maximum atomic E-state index is 12.0. The van der Waals surface area contributed by atoms with Crippen LogP contribution in [0.3, 0.4) is 0 Å². The van der Waals surface area contributed by atoms with Crippen molar-refractivity contribution in [3.63, 3.8) is 0 Å². The Bertz CT molecular complexity index is 696. The van der Waals surface area contributed by atoms with E-state index in [1.165, 1.54) is 0 Å². The minimum atomic E-state index is -0.873. The number of allylic oxidation sites excluding steroid dienone is 6. The molecule has 3 atom stereocenters. The van der Waals surface area contributed by atoms with Crippen molar-refractivity contribution >= 4 is 11.9 Å². The molecule has 218 valence electrons. The molecule has 0 rings (SSSR count). The summed E-state index contributed by atoms with van der Waals surface area (Å²) < 4.78 is 10.3. The Morgan fingerprint density at radius 1 is 0.711 bits per heavy atom. The van der Waals surface area contributed by atoms with E-state index in [9.17, 15) is 24.9 Å². The summed E-state index contributed by atoms with van der Waals surface area (Å²) >= 11 is 0. The molecule has 0 unspecified atom stereocenters. The number of aliphatic hydroxyl groups excluding tert-OH is 3. The third-order valence-corrected chi connectivity index (χ3v) is 5.83. The highest BCUT2D eigenvalue weighted by Crippen LogP contribution is 2.08. The first kappa shape index (κ1) is 35.8. The first-order valence-corrected chi connectivity index (χ1v) is 14.4. The lowest BCUT2D eigenvalue weighted by Gasteiger charge is -2.16. The highest BCUT2D eigenvalue weighted by Gasteiger charge is 2.16. The van der Waals surface area contributed by atoms with Crippen LogP contribution in [0.5, 0.6) is 0 Å². The Morgan fingerprint density at radius 2 is 1.26 bits per heavy atom. The van der Waals surface area contributed by atoms with Crippen LogP contribution < -0.4 is 0 Å². The van der Waals surface area contributed by atoms with E-state index >= 15 is 0 Å². The maximum absolute atomic E-state index is 12.0. The van der Waals surface area contributed by atoms with Gasteiger partial charge < -0.3 is 24.8 Å². The van der Waals surface area contributed by atoms with Gasteiger partial charge in [-0.15, -0.1) is 0 Å². The Hall–Kier alpha value is -2.22. The molecule has 7 heteroatoms. The number of hydrogen-bond acceptors (Lipinski definition) is 7. The van der Waals surface area contributed by atoms with E-state index in [1.807, 2.05) is 30.4 Å². The number of unbranched alkanes of at least 4 members (excludes halogenated alkanes) is 6. The van der Waals surface area contributed by atoms with Crippen molar-refractivity contribution in [2.45, 2.75) is 122 Å². The predicted octanol–water partition coefficient (Wildman–Crippen LogP) is 5.88. The van der Waals surface area contributed by atoms with Gasteiger partial charge in [-0.05, 0) is 32.1 Å². The lowest BCUT2D eigenvalue weighted by molar-refractivity contribution is -0.161. The number of rotatable bonds is 24. The van der Waals surface area contributed by atoms with Gasteiger partial charge in [-0.1, -0.05) is 107 Å². The molecular formula is C31H52O7. The molecule has 38 heavy (non-hydrogen) atoms. The molecule has 0 heterocycles. The van der Waals surface area contributed by atoms with Gasteiger partial charge in [-0.25, -0.2) is 0 Å². The first-order valence-electron chi connectivity index (χ1n) is 14.4. The number of carbonyl (C=O) groups excluding carboxylic acids is 2. The summed E-state index contributed by atoms with van der Waals surface area (Å²) in [5.41, 5.74) is 0. The summed E-state index contributed by atoms with van der Waals surface area (Å²) in [5, 5.41) is 29.2. The molecule has 7 nitrogen and oxygen atoms in total. The second-order valence-corrected chi connectivity index (χ2v) is 9.53. The van der Waals surface area contributed by atoms with Gasteiger partial charge in [0.05, 0.1) is 18.8 Å². The fourth-order valence-corrected chi connectivity index (χ4v) is 3.53. The molecule has 0 spiro atoms. The number of esters is 2. The zero-order valence-electron chi connectivity index (χ0n) is 23.6. The summed E-state index contributed by atoms with van der Waals surface area (Å²) in [6.45, 7) is 3.71. The van der Waals surface area contributed by atoms with Crippen LogP contribution >= 0.6 is 0 Å². The second-order valence-electron chi connectivity index (χ2n) is 9.53. The zero-order chi connectivity index (χ0) is 28.3. The van der Waals surface area contributed by atoms with Gasteiger partial charge in [0, 0.05) is 12.8 Å². The van der Waals surface area contributed by atoms with Crippen LogP contribution in [0, 0.1) is 0 Å². The lowest BCUT2D eigenvalue weighted by atomic mass is 10.1. The molecule has 0 aromatic rings. The molecule has 0 amide bonds. The molecule has 0 fully saturated rings. The molecule has 0 aromatic heterocycles. The smallest absolute Gasteiger partial charge is 0.306 e. The normalized spacial score (nSPS) is 14.6. The van der Waals surface area contributed by atoms with E-state index < -0.39 is 24.8 Å². The first-order chi connectivity index (χ1) is 18.4. The van der Waals surface area contributed by atoms with Crippen LogP contribution in [0.4, 0.5) is 0 Å². The van der Waals surface area contributed by atoms with E-state index in [1.54, 1.807) is 18.2 Å². The fraction of sp³-hybridized carbons (Fsp3) is 0.677. The minimum Gasteiger partial charge on any atom is -0.462 e. The van der Waals surface area contributed by atoms with Crippen molar-refractivity contribution in [1.29, 1.82) is 0 Å².